The number of benzene rings is 3. The van der Waals surface area contributed by atoms with Crippen LogP contribution in [-0.2, 0) is 0 Å². The Labute approximate surface area is 138 Å². The molecule has 0 heterocycles. The second kappa shape index (κ2) is 6.63. The summed E-state index contributed by atoms with van der Waals surface area (Å²) in [4.78, 5) is 12.2. The zero-order valence-corrected chi connectivity index (χ0v) is 12.6. The predicted octanol–water partition coefficient (Wildman–Crippen LogP) is 3.18. The molecule has 3 aromatic carbocycles. The molecule has 0 aromatic heterocycles. The Morgan fingerprint density at radius 2 is 1.75 bits per heavy atom. The van der Waals surface area contributed by atoms with Crippen LogP contribution in [-0.4, -0.2) is 17.2 Å². The highest BCUT2D eigenvalue weighted by atomic mass is 16.3. The van der Waals surface area contributed by atoms with Crippen molar-refractivity contribution in [2.24, 2.45) is 5.10 Å². The first-order valence-electron chi connectivity index (χ1n) is 7.23. The van der Waals surface area contributed by atoms with Crippen LogP contribution in [0.1, 0.15) is 21.5 Å². The van der Waals surface area contributed by atoms with Gasteiger partial charge in [-0.2, -0.15) is 10.4 Å². The van der Waals surface area contributed by atoms with Gasteiger partial charge in [-0.1, -0.05) is 42.5 Å². The molecule has 2 N–H and O–H groups in total. The Hall–Kier alpha value is -3.65. The van der Waals surface area contributed by atoms with Gasteiger partial charge in [0.05, 0.1) is 23.4 Å². The summed E-state index contributed by atoms with van der Waals surface area (Å²) in [5.41, 5.74) is 3.57. The number of hydrogen-bond donors (Lipinski definition) is 2. The molecule has 0 bridgehead atoms. The average Bonchev–Trinajstić information content (AvgIpc) is 2.61. The lowest BCUT2D eigenvalue weighted by Gasteiger charge is -2.05. The highest BCUT2D eigenvalue weighted by Crippen LogP contribution is 2.24. The van der Waals surface area contributed by atoms with Gasteiger partial charge in [-0.25, -0.2) is 5.43 Å². The van der Waals surface area contributed by atoms with Gasteiger partial charge in [-0.15, -0.1) is 0 Å². The molecule has 0 aliphatic rings. The molecule has 5 heteroatoms. The van der Waals surface area contributed by atoms with Crippen molar-refractivity contribution in [1.82, 2.24) is 5.43 Å². The molecule has 0 saturated carbocycles. The van der Waals surface area contributed by atoms with Crippen LogP contribution in [0.5, 0.6) is 5.75 Å². The number of phenols is 1. The van der Waals surface area contributed by atoms with E-state index in [2.05, 4.69) is 16.6 Å². The molecule has 0 unspecified atom stereocenters. The van der Waals surface area contributed by atoms with E-state index in [1.807, 2.05) is 24.3 Å². The lowest BCUT2D eigenvalue weighted by Crippen LogP contribution is -2.17. The Balaban J connectivity index is 1.82. The molecule has 24 heavy (non-hydrogen) atoms. The van der Waals surface area contributed by atoms with E-state index < -0.39 is 5.91 Å². The standard InChI is InChI=1S/C19H13N3O2/c20-11-15-7-3-4-8-16(15)12-21-22-19(24)17-9-13-5-1-2-6-14(13)10-18(17)23/h1-10,12,23H,(H,22,24). The number of fused-ring (bicyclic) bond motifs is 1. The second-order valence-corrected chi connectivity index (χ2v) is 5.11. The summed E-state index contributed by atoms with van der Waals surface area (Å²) in [6, 6.07) is 19.6. The largest absolute Gasteiger partial charge is 0.507 e. The Kier molecular flexibility index (Phi) is 4.21. The van der Waals surface area contributed by atoms with Gasteiger partial charge in [0, 0.05) is 5.56 Å². The summed E-state index contributed by atoms with van der Waals surface area (Å²) < 4.78 is 0. The van der Waals surface area contributed by atoms with E-state index in [1.54, 1.807) is 36.4 Å². The first kappa shape index (κ1) is 15.3. The minimum absolute atomic E-state index is 0.112. The van der Waals surface area contributed by atoms with E-state index in [0.717, 1.165) is 10.8 Å². The van der Waals surface area contributed by atoms with Crippen molar-refractivity contribution in [1.29, 1.82) is 5.26 Å². The molecule has 3 rings (SSSR count). The molecule has 0 fully saturated rings. The minimum Gasteiger partial charge on any atom is -0.507 e. The summed E-state index contributed by atoms with van der Waals surface area (Å²) in [5, 5.41) is 24.6. The number of rotatable bonds is 3. The number of nitrogens with one attached hydrogen (secondary N) is 1. The van der Waals surface area contributed by atoms with E-state index in [1.165, 1.54) is 6.21 Å². The van der Waals surface area contributed by atoms with Crippen molar-refractivity contribution in [2.75, 3.05) is 0 Å². The van der Waals surface area contributed by atoms with Crippen molar-refractivity contribution < 1.29 is 9.90 Å². The Morgan fingerprint density at radius 3 is 2.50 bits per heavy atom. The fraction of sp³-hybridized carbons (Fsp3) is 0. The van der Waals surface area contributed by atoms with Crippen LogP contribution in [0.4, 0.5) is 0 Å². The molecule has 0 radical (unpaired) electrons. The Bertz CT molecular complexity index is 987. The van der Waals surface area contributed by atoms with Gasteiger partial charge < -0.3 is 5.11 Å². The first-order valence-corrected chi connectivity index (χ1v) is 7.23. The molecule has 0 atom stereocenters. The number of phenolic OH excluding ortho intramolecular Hbond substituents is 1. The third kappa shape index (κ3) is 3.08. The maximum atomic E-state index is 12.2. The molecule has 5 nitrogen and oxygen atoms in total. The summed E-state index contributed by atoms with van der Waals surface area (Å²) in [6.07, 6.45) is 1.40. The number of hydrazone groups is 1. The van der Waals surface area contributed by atoms with Crippen LogP contribution in [0.3, 0.4) is 0 Å². The number of carbonyl (C=O) groups is 1. The lowest BCUT2D eigenvalue weighted by atomic mass is 10.1. The molecule has 0 aliphatic heterocycles. The molecular weight excluding hydrogens is 302 g/mol. The van der Waals surface area contributed by atoms with E-state index in [0.29, 0.717) is 11.1 Å². The molecule has 1 amide bonds. The van der Waals surface area contributed by atoms with Gasteiger partial charge in [0.2, 0.25) is 0 Å². The summed E-state index contributed by atoms with van der Waals surface area (Å²) in [6.45, 7) is 0. The lowest BCUT2D eigenvalue weighted by molar-refractivity contribution is 0.0952. The third-order valence-electron chi connectivity index (χ3n) is 3.56. The molecular formula is C19H13N3O2. The number of carbonyl (C=O) groups excluding carboxylic acids is 1. The first-order chi connectivity index (χ1) is 11.7. The maximum Gasteiger partial charge on any atom is 0.275 e. The van der Waals surface area contributed by atoms with Crippen molar-refractivity contribution >= 4 is 22.9 Å². The summed E-state index contributed by atoms with van der Waals surface area (Å²) in [7, 11) is 0. The summed E-state index contributed by atoms with van der Waals surface area (Å²) in [5.74, 6) is -0.636. The van der Waals surface area contributed by atoms with E-state index >= 15 is 0 Å². The zero-order chi connectivity index (χ0) is 16.9. The number of aromatic hydroxyl groups is 1. The van der Waals surface area contributed by atoms with Gasteiger partial charge in [0.15, 0.2) is 0 Å². The van der Waals surface area contributed by atoms with Gasteiger partial charge in [0.25, 0.3) is 5.91 Å². The highest BCUT2D eigenvalue weighted by Gasteiger charge is 2.11. The highest BCUT2D eigenvalue weighted by molar-refractivity contribution is 6.01. The van der Waals surface area contributed by atoms with E-state index in [-0.39, 0.29) is 11.3 Å². The predicted molar refractivity (Wildman–Crippen MR) is 91.8 cm³/mol. The molecule has 0 saturated heterocycles. The quantitative estimate of drug-likeness (QED) is 0.575. The van der Waals surface area contributed by atoms with Gasteiger partial charge in [-0.3, -0.25) is 4.79 Å². The van der Waals surface area contributed by atoms with Crippen LogP contribution in [0.25, 0.3) is 10.8 Å². The van der Waals surface area contributed by atoms with Gasteiger partial charge in [0.1, 0.15) is 5.75 Å². The van der Waals surface area contributed by atoms with E-state index in [9.17, 15) is 9.90 Å². The number of amides is 1. The molecule has 0 aliphatic carbocycles. The fourth-order valence-corrected chi connectivity index (χ4v) is 2.34. The minimum atomic E-state index is -0.524. The van der Waals surface area contributed by atoms with Crippen LogP contribution >= 0.6 is 0 Å². The molecule has 116 valence electrons. The van der Waals surface area contributed by atoms with Gasteiger partial charge in [-0.05, 0) is 29.0 Å². The third-order valence-corrected chi connectivity index (χ3v) is 3.56. The van der Waals surface area contributed by atoms with E-state index in [4.69, 9.17) is 5.26 Å². The average molecular weight is 315 g/mol. The van der Waals surface area contributed by atoms with Crippen molar-refractivity contribution in [3.05, 3.63) is 77.4 Å². The topological polar surface area (TPSA) is 85.5 Å². The molecule has 0 spiro atoms. The van der Waals surface area contributed by atoms with Crippen LogP contribution in [0.2, 0.25) is 0 Å². The van der Waals surface area contributed by atoms with Gasteiger partial charge >= 0.3 is 0 Å². The second-order valence-electron chi connectivity index (χ2n) is 5.11. The normalized spacial score (nSPS) is 10.6. The smallest absolute Gasteiger partial charge is 0.275 e. The zero-order valence-electron chi connectivity index (χ0n) is 12.6. The SMILES string of the molecule is N#Cc1ccccc1C=NNC(=O)c1cc2ccccc2cc1O. The molecule has 3 aromatic rings. The summed E-state index contributed by atoms with van der Waals surface area (Å²) >= 11 is 0. The van der Waals surface area contributed by atoms with Crippen LogP contribution in [0.15, 0.2) is 65.8 Å². The number of nitriles is 1. The monoisotopic (exact) mass is 315 g/mol. The van der Waals surface area contributed by atoms with Crippen molar-refractivity contribution in [2.45, 2.75) is 0 Å². The van der Waals surface area contributed by atoms with Crippen molar-refractivity contribution in [3.63, 3.8) is 0 Å². The van der Waals surface area contributed by atoms with Crippen molar-refractivity contribution in [3.8, 4) is 11.8 Å². The Morgan fingerprint density at radius 1 is 1.08 bits per heavy atom. The fourth-order valence-electron chi connectivity index (χ4n) is 2.34. The number of hydrogen-bond acceptors (Lipinski definition) is 4. The number of nitrogens with zero attached hydrogens (tertiary/aromatic N) is 2. The van der Waals surface area contributed by atoms with Crippen LogP contribution in [0, 0.1) is 11.3 Å². The van der Waals surface area contributed by atoms with Crippen LogP contribution < -0.4 is 5.43 Å². The maximum absolute atomic E-state index is 12.2.